The Balaban J connectivity index is 2.63. The number of nitrogens with zero attached hydrogens (tertiary/aromatic N) is 1. The summed E-state index contributed by atoms with van der Waals surface area (Å²) in [4.78, 5) is 0. The van der Waals surface area contributed by atoms with Crippen molar-refractivity contribution in [2.24, 2.45) is 11.7 Å². The van der Waals surface area contributed by atoms with Crippen LogP contribution in [0.15, 0.2) is 0 Å². The molecule has 18 heavy (non-hydrogen) atoms. The molecular formula is C12H26N2O3S. The van der Waals surface area contributed by atoms with E-state index in [0.29, 0.717) is 32.0 Å². The minimum Gasteiger partial charge on any atom is -0.385 e. The van der Waals surface area contributed by atoms with Crippen molar-refractivity contribution in [1.82, 2.24) is 4.31 Å². The Morgan fingerprint density at radius 3 is 2.72 bits per heavy atom. The van der Waals surface area contributed by atoms with E-state index < -0.39 is 10.0 Å². The highest BCUT2D eigenvalue weighted by atomic mass is 32.2. The van der Waals surface area contributed by atoms with E-state index >= 15 is 0 Å². The van der Waals surface area contributed by atoms with Crippen molar-refractivity contribution in [2.45, 2.75) is 38.6 Å². The smallest absolute Gasteiger partial charge is 0.214 e. The zero-order valence-corrected chi connectivity index (χ0v) is 12.3. The standard InChI is InChI=1S/C12H26N2O3S/c1-3-11-5-6-14(12(9-11)10-13)18(15,16)8-4-7-17-2/h11-12H,3-10,13H2,1-2H3. The van der Waals surface area contributed by atoms with E-state index in [-0.39, 0.29) is 11.8 Å². The molecule has 2 atom stereocenters. The van der Waals surface area contributed by atoms with E-state index in [0.717, 1.165) is 19.3 Å². The first-order valence-electron chi connectivity index (χ1n) is 6.73. The molecule has 1 rings (SSSR count). The van der Waals surface area contributed by atoms with Crippen molar-refractivity contribution in [1.29, 1.82) is 0 Å². The number of ether oxygens (including phenoxy) is 1. The van der Waals surface area contributed by atoms with Gasteiger partial charge in [-0.2, -0.15) is 4.31 Å². The van der Waals surface area contributed by atoms with Crippen LogP contribution in [0.1, 0.15) is 32.6 Å². The molecule has 0 saturated carbocycles. The van der Waals surface area contributed by atoms with E-state index in [1.807, 2.05) is 0 Å². The number of methoxy groups -OCH3 is 1. The van der Waals surface area contributed by atoms with E-state index in [9.17, 15) is 8.42 Å². The lowest BCUT2D eigenvalue weighted by Gasteiger charge is -2.37. The lowest BCUT2D eigenvalue weighted by atomic mass is 9.90. The van der Waals surface area contributed by atoms with Crippen molar-refractivity contribution >= 4 is 10.0 Å². The molecule has 0 bridgehead atoms. The van der Waals surface area contributed by atoms with Gasteiger partial charge in [-0.25, -0.2) is 8.42 Å². The molecule has 0 radical (unpaired) electrons. The fraction of sp³-hybridized carbons (Fsp3) is 1.00. The average Bonchev–Trinajstić information content (AvgIpc) is 2.38. The van der Waals surface area contributed by atoms with Crippen LogP contribution in [-0.2, 0) is 14.8 Å². The molecule has 1 heterocycles. The van der Waals surface area contributed by atoms with Gasteiger partial charge in [0.25, 0.3) is 0 Å². The summed E-state index contributed by atoms with van der Waals surface area (Å²) in [6.07, 6.45) is 3.50. The van der Waals surface area contributed by atoms with E-state index in [2.05, 4.69) is 6.92 Å². The van der Waals surface area contributed by atoms with Crippen LogP contribution in [0.4, 0.5) is 0 Å². The van der Waals surface area contributed by atoms with Crippen LogP contribution in [0, 0.1) is 5.92 Å². The topological polar surface area (TPSA) is 72.6 Å². The molecule has 2 N–H and O–H groups in total. The van der Waals surface area contributed by atoms with Gasteiger partial charge >= 0.3 is 0 Å². The highest BCUT2D eigenvalue weighted by Gasteiger charge is 2.34. The molecule has 108 valence electrons. The molecule has 1 aliphatic heterocycles. The second kappa shape index (κ2) is 7.43. The summed E-state index contributed by atoms with van der Waals surface area (Å²) in [6, 6.07) is -0.0174. The fourth-order valence-electron chi connectivity index (χ4n) is 2.57. The maximum Gasteiger partial charge on any atom is 0.214 e. The second-order valence-corrected chi connectivity index (χ2v) is 7.00. The Morgan fingerprint density at radius 1 is 1.44 bits per heavy atom. The van der Waals surface area contributed by atoms with E-state index in [1.165, 1.54) is 0 Å². The predicted molar refractivity (Wildman–Crippen MR) is 72.8 cm³/mol. The summed E-state index contributed by atoms with van der Waals surface area (Å²) < 4.78 is 31.0. The zero-order valence-electron chi connectivity index (χ0n) is 11.5. The van der Waals surface area contributed by atoms with Gasteiger partial charge in [-0.3, -0.25) is 0 Å². The first-order chi connectivity index (χ1) is 8.55. The molecule has 1 aliphatic rings. The maximum atomic E-state index is 12.2. The van der Waals surface area contributed by atoms with Crippen LogP contribution in [0.3, 0.4) is 0 Å². The third-order valence-corrected chi connectivity index (χ3v) is 5.73. The van der Waals surface area contributed by atoms with Crippen LogP contribution in [0.5, 0.6) is 0 Å². The van der Waals surface area contributed by atoms with Gasteiger partial charge in [0.05, 0.1) is 5.75 Å². The van der Waals surface area contributed by atoms with Crippen LogP contribution < -0.4 is 5.73 Å². The van der Waals surface area contributed by atoms with Gasteiger partial charge < -0.3 is 10.5 Å². The van der Waals surface area contributed by atoms with Gasteiger partial charge in [0, 0.05) is 32.8 Å². The third kappa shape index (κ3) is 4.19. The molecule has 5 nitrogen and oxygen atoms in total. The molecule has 0 amide bonds. The van der Waals surface area contributed by atoms with Crippen molar-refractivity contribution in [3.8, 4) is 0 Å². The number of hydrogen-bond donors (Lipinski definition) is 1. The first kappa shape index (κ1) is 15.9. The summed E-state index contributed by atoms with van der Waals surface area (Å²) in [6.45, 7) is 3.68. The Morgan fingerprint density at radius 2 is 2.17 bits per heavy atom. The molecule has 0 aromatic heterocycles. The molecule has 2 unspecified atom stereocenters. The van der Waals surface area contributed by atoms with Gasteiger partial charge in [-0.1, -0.05) is 13.3 Å². The summed E-state index contributed by atoms with van der Waals surface area (Å²) in [7, 11) is -1.59. The van der Waals surface area contributed by atoms with Gasteiger partial charge in [0.15, 0.2) is 0 Å². The van der Waals surface area contributed by atoms with Gasteiger partial charge in [0.1, 0.15) is 0 Å². The van der Waals surface area contributed by atoms with Crippen LogP contribution in [-0.4, -0.2) is 51.3 Å². The highest BCUT2D eigenvalue weighted by Crippen LogP contribution is 2.27. The number of rotatable bonds is 7. The molecule has 0 aromatic rings. The summed E-state index contributed by atoms with van der Waals surface area (Å²) in [5.41, 5.74) is 5.73. The highest BCUT2D eigenvalue weighted by molar-refractivity contribution is 7.89. The van der Waals surface area contributed by atoms with Gasteiger partial charge in [-0.05, 0) is 25.2 Å². The Labute approximate surface area is 111 Å². The Hall–Kier alpha value is -0.170. The van der Waals surface area contributed by atoms with Crippen LogP contribution >= 0.6 is 0 Å². The number of nitrogens with two attached hydrogens (primary N) is 1. The third-order valence-electron chi connectivity index (χ3n) is 3.73. The number of sulfonamides is 1. The van der Waals surface area contributed by atoms with Gasteiger partial charge in [-0.15, -0.1) is 0 Å². The molecule has 0 aromatic carbocycles. The van der Waals surface area contributed by atoms with Crippen molar-refractivity contribution in [2.75, 3.05) is 32.6 Å². The second-order valence-electron chi connectivity index (χ2n) is 4.96. The monoisotopic (exact) mass is 278 g/mol. The SMILES string of the molecule is CCC1CCN(S(=O)(=O)CCCOC)C(CN)C1. The summed E-state index contributed by atoms with van der Waals surface area (Å²) in [5, 5.41) is 0. The normalized spacial score (nSPS) is 26.4. The predicted octanol–water partition coefficient (Wildman–Crippen LogP) is 0.802. The molecule has 1 saturated heterocycles. The molecule has 6 heteroatoms. The van der Waals surface area contributed by atoms with Gasteiger partial charge in [0.2, 0.25) is 10.0 Å². The van der Waals surface area contributed by atoms with Crippen molar-refractivity contribution in [3.05, 3.63) is 0 Å². The molecule has 0 aliphatic carbocycles. The largest absolute Gasteiger partial charge is 0.385 e. The molecule has 0 spiro atoms. The zero-order chi connectivity index (χ0) is 13.6. The van der Waals surface area contributed by atoms with E-state index in [4.69, 9.17) is 10.5 Å². The summed E-state index contributed by atoms with van der Waals surface area (Å²) >= 11 is 0. The lowest BCUT2D eigenvalue weighted by molar-refractivity contribution is 0.190. The first-order valence-corrected chi connectivity index (χ1v) is 8.34. The Bertz CT molecular complexity index is 332. The lowest BCUT2D eigenvalue weighted by Crippen LogP contribution is -2.50. The average molecular weight is 278 g/mol. The minimum absolute atomic E-state index is 0.0174. The fourth-order valence-corrected chi connectivity index (χ4v) is 4.29. The maximum absolute atomic E-state index is 12.2. The Kier molecular flexibility index (Phi) is 6.55. The van der Waals surface area contributed by atoms with E-state index in [1.54, 1.807) is 11.4 Å². The minimum atomic E-state index is -3.18. The quantitative estimate of drug-likeness (QED) is 0.699. The van der Waals surface area contributed by atoms with Crippen molar-refractivity contribution in [3.63, 3.8) is 0 Å². The van der Waals surface area contributed by atoms with Crippen molar-refractivity contribution < 1.29 is 13.2 Å². The van der Waals surface area contributed by atoms with Crippen LogP contribution in [0.25, 0.3) is 0 Å². The number of hydrogen-bond acceptors (Lipinski definition) is 4. The molecule has 1 fully saturated rings. The summed E-state index contributed by atoms with van der Waals surface area (Å²) in [5.74, 6) is 0.776. The van der Waals surface area contributed by atoms with Crippen LogP contribution in [0.2, 0.25) is 0 Å². The molecular weight excluding hydrogens is 252 g/mol. The number of piperidine rings is 1.